The zero-order chi connectivity index (χ0) is 22.7. The van der Waals surface area contributed by atoms with Crippen molar-refractivity contribution in [3.05, 3.63) is 93.0 Å². The highest BCUT2D eigenvalue weighted by Gasteiger charge is 2.26. The number of nitrogens with one attached hydrogen (secondary N) is 1. The van der Waals surface area contributed by atoms with Crippen molar-refractivity contribution in [2.45, 2.75) is 12.6 Å². The van der Waals surface area contributed by atoms with Crippen LogP contribution in [0.15, 0.2) is 66.7 Å². The third kappa shape index (κ3) is 4.66. The van der Waals surface area contributed by atoms with Crippen LogP contribution in [0.5, 0.6) is 11.5 Å². The fourth-order valence-electron chi connectivity index (χ4n) is 3.60. The number of benzene rings is 3. The average molecular weight is 454 g/mol. The number of ether oxygens (including phenoxy) is 2. The molecule has 0 fully saturated rings. The standard InChI is InChI=1S/C23H20ClN3O5/c1-26(13-15-7-10-20-21(11-15)32-14-31-20)22(16-5-3-2-4-6-16)23(28)25-17-8-9-18(24)19(12-17)27(29)30/h2-12,22H,13-14H2,1H3,(H,25,28). The summed E-state index contributed by atoms with van der Waals surface area (Å²) in [5.74, 6) is 1.04. The highest BCUT2D eigenvalue weighted by molar-refractivity contribution is 6.32. The zero-order valence-electron chi connectivity index (χ0n) is 17.2. The summed E-state index contributed by atoms with van der Waals surface area (Å²) < 4.78 is 10.8. The Morgan fingerprint density at radius 3 is 2.62 bits per heavy atom. The number of amides is 1. The number of likely N-dealkylation sites (N-methyl/N-ethyl adjacent to an activating group) is 1. The Morgan fingerprint density at radius 1 is 1.12 bits per heavy atom. The van der Waals surface area contributed by atoms with E-state index in [9.17, 15) is 14.9 Å². The van der Waals surface area contributed by atoms with E-state index in [1.807, 2.05) is 60.5 Å². The molecule has 0 aliphatic carbocycles. The molecule has 1 unspecified atom stereocenters. The van der Waals surface area contributed by atoms with Crippen LogP contribution in [0.1, 0.15) is 17.2 Å². The van der Waals surface area contributed by atoms with E-state index in [0.29, 0.717) is 23.7 Å². The number of carbonyl (C=O) groups is 1. The molecule has 0 aromatic heterocycles. The smallest absolute Gasteiger partial charge is 0.289 e. The summed E-state index contributed by atoms with van der Waals surface area (Å²) in [7, 11) is 1.84. The molecule has 3 aromatic carbocycles. The molecular formula is C23H20ClN3O5. The summed E-state index contributed by atoms with van der Waals surface area (Å²) in [6, 6.07) is 18.5. The molecule has 9 heteroatoms. The summed E-state index contributed by atoms with van der Waals surface area (Å²) >= 11 is 5.89. The van der Waals surface area contributed by atoms with Gasteiger partial charge in [-0.2, -0.15) is 0 Å². The van der Waals surface area contributed by atoms with Gasteiger partial charge in [-0.3, -0.25) is 19.8 Å². The Bertz CT molecular complexity index is 1160. The van der Waals surface area contributed by atoms with Gasteiger partial charge in [-0.1, -0.05) is 48.0 Å². The molecule has 3 aromatic rings. The predicted octanol–water partition coefficient (Wildman–Crippen LogP) is 4.79. The quantitative estimate of drug-likeness (QED) is 0.408. The molecular weight excluding hydrogens is 434 g/mol. The Labute approximate surface area is 189 Å². The number of rotatable bonds is 7. The van der Waals surface area contributed by atoms with E-state index in [1.165, 1.54) is 18.2 Å². The molecule has 0 spiro atoms. The molecule has 1 N–H and O–H groups in total. The number of nitrogens with zero attached hydrogens (tertiary/aromatic N) is 2. The van der Waals surface area contributed by atoms with Gasteiger partial charge in [0.1, 0.15) is 11.1 Å². The predicted molar refractivity (Wildman–Crippen MR) is 120 cm³/mol. The van der Waals surface area contributed by atoms with E-state index in [1.54, 1.807) is 0 Å². The van der Waals surface area contributed by atoms with Gasteiger partial charge in [0.05, 0.1) is 4.92 Å². The number of halogens is 1. The lowest BCUT2D eigenvalue weighted by molar-refractivity contribution is -0.384. The number of nitro groups is 1. The largest absolute Gasteiger partial charge is 0.454 e. The molecule has 1 aliphatic heterocycles. The van der Waals surface area contributed by atoms with Crippen LogP contribution in [0.25, 0.3) is 0 Å². The van der Waals surface area contributed by atoms with Gasteiger partial charge in [0.15, 0.2) is 11.5 Å². The number of nitro benzene ring substituents is 1. The molecule has 0 radical (unpaired) electrons. The van der Waals surface area contributed by atoms with Crippen molar-refractivity contribution in [3.63, 3.8) is 0 Å². The topological polar surface area (TPSA) is 93.9 Å². The minimum atomic E-state index is -0.642. The summed E-state index contributed by atoms with van der Waals surface area (Å²) in [5, 5.41) is 14.0. The minimum absolute atomic E-state index is 0.00698. The third-order valence-electron chi connectivity index (χ3n) is 5.08. The number of hydrogen-bond donors (Lipinski definition) is 1. The Kier molecular flexibility index (Phi) is 6.25. The lowest BCUT2D eigenvalue weighted by Gasteiger charge is -2.27. The molecule has 8 nitrogen and oxygen atoms in total. The van der Waals surface area contributed by atoms with Crippen molar-refractivity contribution in [1.29, 1.82) is 0 Å². The molecule has 0 bridgehead atoms. The second-order valence-corrected chi connectivity index (χ2v) is 7.74. The first-order valence-electron chi connectivity index (χ1n) is 9.81. The van der Waals surface area contributed by atoms with Gasteiger partial charge in [-0.25, -0.2) is 0 Å². The van der Waals surface area contributed by atoms with Gasteiger partial charge in [-0.15, -0.1) is 0 Å². The number of fused-ring (bicyclic) bond motifs is 1. The van der Waals surface area contributed by atoms with Gasteiger partial charge in [-0.05, 0) is 42.4 Å². The molecule has 1 atom stereocenters. The highest BCUT2D eigenvalue weighted by atomic mass is 35.5. The van der Waals surface area contributed by atoms with Gasteiger partial charge >= 0.3 is 0 Å². The average Bonchev–Trinajstić information content (AvgIpc) is 3.23. The molecule has 164 valence electrons. The first-order valence-corrected chi connectivity index (χ1v) is 10.2. The number of hydrogen-bond acceptors (Lipinski definition) is 6. The van der Waals surface area contributed by atoms with Crippen molar-refractivity contribution in [2.75, 3.05) is 19.2 Å². The first-order chi connectivity index (χ1) is 15.4. The van der Waals surface area contributed by atoms with Crippen LogP contribution in [0, 0.1) is 10.1 Å². The van der Waals surface area contributed by atoms with Crippen molar-refractivity contribution in [2.24, 2.45) is 0 Å². The van der Waals surface area contributed by atoms with E-state index in [-0.39, 0.29) is 23.4 Å². The van der Waals surface area contributed by atoms with E-state index in [4.69, 9.17) is 21.1 Å². The molecule has 4 rings (SSSR count). The highest BCUT2D eigenvalue weighted by Crippen LogP contribution is 2.34. The van der Waals surface area contributed by atoms with E-state index >= 15 is 0 Å². The maximum atomic E-state index is 13.3. The van der Waals surface area contributed by atoms with Crippen LogP contribution in [-0.2, 0) is 11.3 Å². The van der Waals surface area contributed by atoms with Crippen molar-refractivity contribution >= 4 is 28.9 Å². The third-order valence-corrected chi connectivity index (χ3v) is 5.40. The van der Waals surface area contributed by atoms with Crippen molar-refractivity contribution in [3.8, 4) is 11.5 Å². The van der Waals surface area contributed by atoms with Crippen LogP contribution >= 0.6 is 11.6 Å². The fraction of sp³-hybridized carbons (Fsp3) is 0.174. The fourth-order valence-corrected chi connectivity index (χ4v) is 3.79. The zero-order valence-corrected chi connectivity index (χ0v) is 17.9. The van der Waals surface area contributed by atoms with Crippen LogP contribution in [-0.4, -0.2) is 29.6 Å². The Hall–Kier alpha value is -3.62. The number of carbonyl (C=O) groups excluding carboxylic acids is 1. The van der Waals surface area contributed by atoms with Crippen molar-refractivity contribution in [1.82, 2.24) is 4.90 Å². The van der Waals surface area contributed by atoms with Gasteiger partial charge < -0.3 is 14.8 Å². The maximum Gasteiger partial charge on any atom is 0.289 e. The normalized spacial score (nSPS) is 13.1. The van der Waals surface area contributed by atoms with Crippen LogP contribution < -0.4 is 14.8 Å². The van der Waals surface area contributed by atoms with Crippen LogP contribution in [0.2, 0.25) is 5.02 Å². The Balaban J connectivity index is 1.58. The summed E-state index contributed by atoms with van der Waals surface area (Å²) in [6.07, 6.45) is 0. The SMILES string of the molecule is CN(Cc1ccc2c(c1)OCO2)C(C(=O)Nc1ccc(Cl)c([N+](=O)[O-])c1)c1ccccc1. The summed E-state index contributed by atoms with van der Waals surface area (Å²) in [5.41, 5.74) is 1.77. The van der Waals surface area contributed by atoms with Gasteiger partial charge in [0.25, 0.3) is 5.69 Å². The lowest BCUT2D eigenvalue weighted by Crippen LogP contribution is -2.34. The minimum Gasteiger partial charge on any atom is -0.454 e. The Morgan fingerprint density at radius 2 is 1.88 bits per heavy atom. The van der Waals surface area contributed by atoms with E-state index in [0.717, 1.165) is 11.1 Å². The molecule has 1 amide bonds. The second-order valence-electron chi connectivity index (χ2n) is 7.33. The summed E-state index contributed by atoms with van der Waals surface area (Å²) in [4.78, 5) is 25.8. The second kappa shape index (κ2) is 9.25. The monoisotopic (exact) mass is 453 g/mol. The van der Waals surface area contributed by atoms with Crippen LogP contribution in [0.4, 0.5) is 11.4 Å². The first kappa shape index (κ1) is 21.6. The van der Waals surface area contributed by atoms with Crippen LogP contribution in [0.3, 0.4) is 0 Å². The number of anilines is 1. The van der Waals surface area contributed by atoms with E-state index in [2.05, 4.69) is 5.32 Å². The molecule has 0 saturated heterocycles. The molecule has 1 aliphatic rings. The summed E-state index contributed by atoms with van der Waals surface area (Å²) in [6.45, 7) is 0.654. The molecule has 32 heavy (non-hydrogen) atoms. The lowest BCUT2D eigenvalue weighted by atomic mass is 10.0. The molecule has 0 saturated carbocycles. The maximum absolute atomic E-state index is 13.3. The molecule has 1 heterocycles. The van der Waals surface area contributed by atoms with Gasteiger partial charge in [0.2, 0.25) is 12.7 Å². The van der Waals surface area contributed by atoms with Gasteiger partial charge in [0, 0.05) is 18.3 Å². The van der Waals surface area contributed by atoms with E-state index < -0.39 is 11.0 Å². The van der Waals surface area contributed by atoms with Crippen molar-refractivity contribution < 1.29 is 19.2 Å².